The van der Waals surface area contributed by atoms with Crippen LogP contribution < -0.4 is 0 Å². The molecule has 0 aliphatic rings. The fourth-order valence-corrected chi connectivity index (χ4v) is 2.39. The molecule has 94 valence electrons. The Labute approximate surface area is 112 Å². The molecule has 0 atom stereocenters. The summed E-state index contributed by atoms with van der Waals surface area (Å²) in [5.74, 6) is -1.40. The number of benzene rings is 1. The Morgan fingerprint density at radius 2 is 2.17 bits per heavy atom. The number of halogens is 1. The second kappa shape index (κ2) is 4.94. The number of pyridine rings is 1. The molecule has 1 aromatic heterocycles. The van der Waals surface area contributed by atoms with Crippen molar-refractivity contribution in [2.24, 2.45) is 0 Å². The Hall–Kier alpha value is -1.62. The fraction of sp³-hybridized carbons (Fsp3) is 0.231. The van der Waals surface area contributed by atoms with Crippen LogP contribution in [0.4, 0.5) is 0 Å². The van der Waals surface area contributed by atoms with E-state index in [2.05, 4.69) is 27.8 Å². The summed E-state index contributed by atoms with van der Waals surface area (Å²) in [6.45, 7) is 2.06. The molecule has 0 saturated heterocycles. The Morgan fingerprint density at radius 3 is 2.78 bits per heavy atom. The van der Waals surface area contributed by atoms with Crippen LogP contribution in [-0.4, -0.2) is 21.2 Å². The van der Waals surface area contributed by atoms with E-state index in [4.69, 9.17) is 5.11 Å². The van der Waals surface area contributed by atoms with Crippen molar-refractivity contribution in [3.63, 3.8) is 0 Å². The lowest BCUT2D eigenvalue weighted by atomic mass is 10.0. The molecule has 0 fully saturated rings. The van der Waals surface area contributed by atoms with E-state index in [1.54, 1.807) is 12.1 Å². The summed E-state index contributed by atoms with van der Waals surface area (Å²) >= 11 is 3.45. The van der Waals surface area contributed by atoms with Crippen LogP contribution in [0, 0.1) is 0 Å². The lowest BCUT2D eigenvalue weighted by molar-refractivity contribution is 0.0693. The second-order valence-corrected chi connectivity index (χ2v) is 4.89. The molecule has 0 aliphatic heterocycles. The highest BCUT2D eigenvalue weighted by atomic mass is 79.9. The Morgan fingerprint density at radius 1 is 1.44 bits per heavy atom. The van der Waals surface area contributed by atoms with Crippen LogP contribution in [-0.2, 0) is 6.42 Å². The third kappa shape index (κ3) is 2.18. The van der Waals surface area contributed by atoms with Gasteiger partial charge >= 0.3 is 5.97 Å². The van der Waals surface area contributed by atoms with Gasteiger partial charge in [0.05, 0.1) is 5.52 Å². The van der Waals surface area contributed by atoms with Gasteiger partial charge in [0.15, 0.2) is 0 Å². The SMILES string of the molecule is CCCc1cc2c(O)c(C(=O)O)cnc2cc1Br. The first-order valence-electron chi connectivity index (χ1n) is 5.58. The standard InChI is InChI=1S/C13H12BrNO3/c1-2-3-7-4-8-11(5-10(7)14)15-6-9(12(8)16)13(17)18/h4-6H,2-3H2,1H3,(H,15,16)(H,17,18). The van der Waals surface area contributed by atoms with E-state index >= 15 is 0 Å². The number of rotatable bonds is 3. The molecule has 4 nitrogen and oxygen atoms in total. The Kier molecular flexibility index (Phi) is 3.52. The van der Waals surface area contributed by atoms with Crippen LogP contribution in [0.2, 0.25) is 0 Å². The molecule has 0 saturated carbocycles. The molecular formula is C13H12BrNO3. The number of aromatic nitrogens is 1. The number of hydrogen-bond acceptors (Lipinski definition) is 3. The minimum atomic E-state index is -1.18. The van der Waals surface area contributed by atoms with Gasteiger partial charge in [-0.05, 0) is 24.1 Å². The number of hydrogen-bond donors (Lipinski definition) is 2. The monoisotopic (exact) mass is 309 g/mol. The number of carboxylic acids is 1. The zero-order chi connectivity index (χ0) is 13.3. The molecular weight excluding hydrogens is 298 g/mol. The zero-order valence-corrected chi connectivity index (χ0v) is 11.4. The molecule has 0 bridgehead atoms. The Bertz CT molecular complexity index is 625. The number of carboxylic acid groups (broad SMARTS) is 1. The van der Waals surface area contributed by atoms with Crippen molar-refractivity contribution < 1.29 is 15.0 Å². The minimum absolute atomic E-state index is 0.174. The zero-order valence-electron chi connectivity index (χ0n) is 9.77. The summed E-state index contributed by atoms with van der Waals surface area (Å²) in [7, 11) is 0. The molecule has 1 aromatic carbocycles. The highest BCUT2D eigenvalue weighted by Crippen LogP contribution is 2.31. The van der Waals surface area contributed by atoms with Crippen molar-refractivity contribution in [2.45, 2.75) is 19.8 Å². The van der Waals surface area contributed by atoms with Gasteiger partial charge in [-0.2, -0.15) is 0 Å². The number of fused-ring (bicyclic) bond motifs is 1. The first kappa shape index (κ1) is 12.8. The molecule has 0 amide bonds. The van der Waals surface area contributed by atoms with Gasteiger partial charge in [-0.25, -0.2) is 4.79 Å². The van der Waals surface area contributed by atoms with Crippen LogP contribution >= 0.6 is 15.9 Å². The molecule has 1 heterocycles. The summed E-state index contributed by atoms with van der Waals surface area (Å²) in [5, 5.41) is 19.4. The lowest BCUT2D eigenvalue weighted by Gasteiger charge is -2.08. The van der Waals surface area contributed by atoms with Gasteiger partial charge in [0.25, 0.3) is 0 Å². The third-order valence-corrected chi connectivity index (χ3v) is 3.50. The highest BCUT2D eigenvalue weighted by molar-refractivity contribution is 9.10. The van der Waals surface area contributed by atoms with Gasteiger partial charge < -0.3 is 10.2 Å². The number of carbonyl (C=O) groups is 1. The van der Waals surface area contributed by atoms with Crippen LogP contribution in [0.1, 0.15) is 29.3 Å². The average molecular weight is 310 g/mol. The number of aryl methyl sites for hydroxylation is 1. The fourth-order valence-electron chi connectivity index (χ4n) is 1.86. The minimum Gasteiger partial charge on any atom is -0.506 e. The van der Waals surface area contributed by atoms with Crippen molar-refractivity contribution >= 4 is 32.8 Å². The van der Waals surface area contributed by atoms with Crippen molar-refractivity contribution in [1.82, 2.24) is 4.98 Å². The second-order valence-electron chi connectivity index (χ2n) is 4.04. The maximum Gasteiger partial charge on any atom is 0.341 e. The van der Waals surface area contributed by atoms with E-state index in [1.807, 2.05) is 0 Å². The smallest absolute Gasteiger partial charge is 0.341 e. The van der Waals surface area contributed by atoms with Crippen LogP contribution in [0.15, 0.2) is 22.8 Å². The summed E-state index contributed by atoms with van der Waals surface area (Å²) in [6.07, 6.45) is 3.00. The maximum atomic E-state index is 10.9. The molecule has 18 heavy (non-hydrogen) atoms. The van der Waals surface area contributed by atoms with Crippen molar-refractivity contribution in [2.75, 3.05) is 0 Å². The number of aromatic carboxylic acids is 1. The molecule has 0 aliphatic carbocycles. The van der Waals surface area contributed by atoms with E-state index in [9.17, 15) is 9.90 Å². The van der Waals surface area contributed by atoms with E-state index in [1.165, 1.54) is 6.20 Å². The van der Waals surface area contributed by atoms with Crippen molar-refractivity contribution in [1.29, 1.82) is 0 Å². The van der Waals surface area contributed by atoms with Gasteiger partial charge in [-0.3, -0.25) is 4.98 Å². The summed E-state index contributed by atoms with van der Waals surface area (Å²) in [4.78, 5) is 15.0. The predicted octanol–water partition coefficient (Wildman–Crippen LogP) is 3.35. The van der Waals surface area contributed by atoms with E-state index in [0.717, 1.165) is 22.9 Å². The quantitative estimate of drug-likeness (QED) is 0.912. The molecule has 0 unspecified atom stereocenters. The highest BCUT2D eigenvalue weighted by Gasteiger charge is 2.15. The predicted molar refractivity (Wildman–Crippen MR) is 72.1 cm³/mol. The summed E-state index contributed by atoms with van der Waals surface area (Å²) in [6, 6.07) is 3.59. The third-order valence-electron chi connectivity index (χ3n) is 2.76. The van der Waals surface area contributed by atoms with Gasteiger partial charge in [-0.1, -0.05) is 29.3 Å². The van der Waals surface area contributed by atoms with Crippen molar-refractivity contribution in [3.05, 3.63) is 33.9 Å². The summed E-state index contributed by atoms with van der Waals surface area (Å²) < 4.78 is 0.923. The van der Waals surface area contributed by atoms with Crippen LogP contribution in [0.5, 0.6) is 5.75 Å². The molecule has 2 aromatic rings. The number of aromatic hydroxyl groups is 1. The van der Waals surface area contributed by atoms with Gasteiger partial charge in [0.2, 0.25) is 0 Å². The van der Waals surface area contributed by atoms with E-state index in [0.29, 0.717) is 10.9 Å². The first-order valence-corrected chi connectivity index (χ1v) is 6.37. The largest absolute Gasteiger partial charge is 0.506 e. The molecule has 0 spiro atoms. The van der Waals surface area contributed by atoms with Crippen LogP contribution in [0.25, 0.3) is 10.9 Å². The Balaban J connectivity index is 2.71. The first-order chi connectivity index (χ1) is 8.54. The van der Waals surface area contributed by atoms with E-state index < -0.39 is 5.97 Å². The molecule has 2 rings (SSSR count). The maximum absolute atomic E-state index is 10.9. The van der Waals surface area contributed by atoms with Gasteiger partial charge in [0.1, 0.15) is 11.3 Å². The topological polar surface area (TPSA) is 70.4 Å². The van der Waals surface area contributed by atoms with Gasteiger partial charge in [0, 0.05) is 16.1 Å². The average Bonchev–Trinajstić information content (AvgIpc) is 2.31. The van der Waals surface area contributed by atoms with Gasteiger partial charge in [-0.15, -0.1) is 0 Å². The molecule has 2 N–H and O–H groups in total. The normalized spacial score (nSPS) is 10.8. The van der Waals surface area contributed by atoms with Crippen molar-refractivity contribution in [3.8, 4) is 5.75 Å². The number of nitrogens with zero attached hydrogens (tertiary/aromatic N) is 1. The summed E-state index contributed by atoms with van der Waals surface area (Å²) in [5.41, 5.74) is 1.43. The molecule has 0 radical (unpaired) electrons. The van der Waals surface area contributed by atoms with Crippen LogP contribution in [0.3, 0.4) is 0 Å². The molecule has 5 heteroatoms. The van der Waals surface area contributed by atoms with E-state index in [-0.39, 0.29) is 11.3 Å². The lowest BCUT2D eigenvalue weighted by Crippen LogP contribution is -1.99.